The fourth-order valence-corrected chi connectivity index (χ4v) is 2.47. The van der Waals surface area contributed by atoms with Crippen molar-refractivity contribution < 1.29 is 14.3 Å². The minimum Gasteiger partial charge on any atom is -0.494 e. The zero-order chi connectivity index (χ0) is 18.9. The Labute approximate surface area is 152 Å². The number of anilines is 1. The average Bonchev–Trinajstić information content (AvgIpc) is 3.01. The first-order chi connectivity index (χ1) is 12.6. The smallest absolute Gasteiger partial charge is 0.207 e. The number of nitrogens with zero attached hydrogens (tertiary/aromatic N) is 2. The Balaban J connectivity index is 2.10. The first-order valence-electron chi connectivity index (χ1n) is 8.37. The van der Waals surface area contributed by atoms with Gasteiger partial charge in [-0.05, 0) is 30.7 Å². The Morgan fingerprint density at radius 3 is 2.92 bits per heavy atom. The van der Waals surface area contributed by atoms with Crippen molar-refractivity contribution in [2.75, 3.05) is 32.6 Å². The normalized spacial score (nSPS) is 10.5. The van der Waals surface area contributed by atoms with Crippen LogP contribution in [0.25, 0.3) is 0 Å². The third-order valence-corrected chi connectivity index (χ3v) is 3.91. The number of carbonyl (C=O) groups is 1. The van der Waals surface area contributed by atoms with Gasteiger partial charge in [0, 0.05) is 44.1 Å². The molecule has 0 aliphatic carbocycles. The molecule has 1 heterocycles. The van der Waals surface area contributed by atoms with Crippen LogP contribution in [0.1, 0.15) is 23.4 Å². The van der Waals surface area contributed by atoms with Crippen LogP contribution in [0.3, 0.4) is 0 Å². The van der Waals surface area contributed by atoms with Gasteiger partial charge in [-0.1, -0.05) is 0 Å². The number of ether oxygens (including phenoxy) is 2. The maximum atomic E-state index is 10.2. The quantitative estimate of drug-likeness (QED) is 0.241. The molecule has 0 radical (unpaired) electrons. The number of hydrogen-bond donors (Lipinski definition) is 3. The summed E-state index contributed by atoms with van der Waals surface area (Å²) in [5.41, 5.74) is 8.90. The van der Waals surface area contributed by atoms with Crippen molar-refractivity contribution in [3.63, 3.8) is 0 Å². The molecule has 8 heteroatoms. The predicted molar refractivity (Wildman–Crippen MR) is 99.8 cm³/mol. The van der Waals surface area contributed by atoms with Crippen molar-refractivity contribution in [1.82, 2.24) is 15.1 Å². The number of hydrogen-bond acceptors (Lipinski definition) is 6. The highest BCUT2D eigenvalue weighted by atomic mass is 16.5. The molecule has 0 aliphatic rings. The molecule has 8 nitrogen and oxygen atoms in total. The van der Waals surface area contributed by atoms with Crippen LogP contribution in [-0.2, 0) is 23.0 Å². The van der Waals surface area contributed by atoms with E-state index >= 15 is 0 Å². The summed E-state index contributed by atoms with van der Waals surface area (Å²) < 4.78 is 12.5. The minimum absolute atomic E-state index is 0.245. The summed E-state index contributed by atoms with van der Waals surface area (Å²) in [4.78, 5) is 10.2. The molecule has 2 rings (SSSR count). The molecule has 0 bridgehead atoms. The molecule has 0 aliphatic heterocycles. The van der Waals surface area contributed by atoms with Crippen LogP contribution in [0.2, 0.25) is 0 Å². The second kappa shape index (κ2) is 9.57. The van der Waals surface area contributed by atoms with Gasteiger partial charge in [0.1, 0.15) is 11.4 Å². The van der Waals surface area contributed by atoms with Crippen molar-refractivity contribution in [2.24, 2.45) is 7.05 Å². The molecule has 2 aromatic rings. The van der Waals surface area contributed by atoms with E-state index in [0.29, 0.717) is 55.3 Å². The van der Waals surface area contributed by atoms with Crippen LogP contribution in [0.4, 0.5) is 5.69 Å². The lowest BCUT2D eigenvalue weighted by molar-refractivity contribution is -0.109. The van der Waals surface area contributed by atoms with Crippen LogP contribution in [0.15, 0.2) is 24.3 Å². The van der Waals surface area contributed by atoms with E-state index in [9.17, 15) is 4.79 Å². The fourth-order valence-electron chi connectivity index (χ4n) is 2.47. The number of nitrogens with two attached hydrogens (primary N) is 1. The van der Waals surface area contributed by atoms with E-state index in [1.54, 1.807) is 30.0 Å². The third-order valence-electron chi connectivity index (χ3n) is 3.91. The molecule has 1 aromatic carbocycles. The SMILES string of the molecule is COCCc1cc(C(=N)c2cc(OCCCNC=O)ccc2N)nn1C. The van der Waals surface area contributed by atoms with Crippen LogP contribution >= 0.6 is 0 Å². The zero-order valence-corrected chi connectivity index (χ0v) is 15.1. The first kappa shape index (κ1) is 19.5. The molecule has 0 fully saturated rings. The van der Waals surface area contributed by atoms with Gasteiger partial charge in [-0.2, -0.15) is 5.10 Å². The Bertz CT molecular complexity index is 757. The fraction of sp³-hybridized carbons (Fsp3) is 0.389. The van der Waals surface area contributed by atoms with E-state index in [4.69, 9.17) is 20.6 Å². The van der Waals surface area contributed by atoms with Gasteiger partial charge in [0.2, 0.25) is 6.41 Å². The topological polar surface area (TPSA) is 115 Å². The standard InChI is InChI=1S/C18H25N5O3/c1-23-13(6-9-25-2)10-17(22-23)18(20)15-11-14(4-5-16(15)19)26-8-3-7-21-12-24/h4-5,10-12,20H,3,6-9,19H2,1-2H3,(H,21,24). The number of amides is 1. The molecule has 140 valence electrons. The van der Waals surface area contributed by atoms with Crippen LogP contribution in [0, 0.1) is 5.41 Å². The first-order valence-corrected chi connectivity index (χ1v) is 8.37. The number of benzene rings is 1. The number of aryl methyl sites for hydroxylation is 1. The zero-order valence-electron chi connectivity index (χ0n) is 15.1. The van der Waals surface area contributed by atoms with E-state index < -0.39 is 0 Å². The second-order valence-corrected chi connectivity index (χ2v) is 5.79. The van der Waals surface area contributed by atoms with E-state index in [0.717, 1.165) is 12.1 Å². The third kappa shape index (κ3) is 5.06. The van der Waals surface area contributed by atoms with E-state index in [1.807, 2.05) is 13.1 Å². The summed E-state index contributed by atoms with van der Waals surface area (Å²) in [6.07, 6.45) is 2.08. The summed E-state index contributed by atoms with van der Waals surface area (Å²) in [5.74, 6) is 0.626. The molecule has 26 heavy (non-hydrogen) atoms. The van der Waals surface area contributed by atoms with Crippen molar-refractivity contribution >= 4 is 17.8 Å². The Morgan fingerprint density at radius 1 is 1.38 bits per heavy atom. The molecule has 0 unspecified atom stereocenters. The number of aromatic nitrogens is 2. The largest absolute Gasteiger partial charge is 0.494 e. The number of methoxy groups -OCH3 is 1. The number of nitrogens with one attached hydrogen (secondary N) is 2. The Hall–Kier alpha value is -2.87. The van der Waals surface area contributed by atoms with Crippen molar-refractivity contribution in [2.45, 2.75) is 12.8 Å². The van der Waals surface area contributed by atoms with Gasteiger partial charge in [-0.25, -0.2) is 0 Å². The summed E-state index contributed by atoms with van der Waals surface area (Å²) in [6, 6.07) is 7.10. The van der Waals surface area contributed by atoms with Gasteiger partial charge in [0.15, 0.2) is 0 Å². The lowest BCUT2D eigenvalue weighted by Gasteiger charge is -2.10. The van der Waals surface area contributed by atoms with Gasteiger partial charge in [0.25, 0.3) is 0 Å². The molecule has 0 saturated heterocycles. The minimum atomic E-state index is 0.245. The van der Waals surface area contributed by atoms with Crippen molar-refractivity contribution in [3.05, 3.63) is 41.2 Å². The maximum Gasteiger partial charge on any atom is 0.207 e. The van der Waals surface area contributed by atoms with Crippen LogP contribution < -0.4 is 15.8 Å². The highest BCUT2D eigenvalue weighted by Gasteiger charge is 2.15. The average molecular weight is 359 g/mol. The van der Waals surface area contributed by atoms with Gasteiger partial charge >= 0.3 is 0 Å². The Morgan fingerprint density at radius 2 is 2.19 bits per heavy atom. The lowest BCUT2D eigenvalue weighted by Crippen LogP contribution is -2.15. The van der Waals surface area contributed by atoms with Gasteiger partial charge in [-0.3, -0.25) is 14.9 Å². The molecule has 0 spiro atoms. The lowest BCUT2D eigenvalue weighted by atomic mass is 10.0. The predicted octanol–water partition coefficient (Wildman–Crippen LogP) is 1.12. The summed E-state index contributed by atoms with van der Waals surface area (Å²) >= 11 is 0. The molecular weight excluding hydrogens is 334 g/mol. The number of rotatable bonds is 11. The van der Waals surface area contributed by atoms with E-state index in [2.05, 4.69) is 10.4 Å². The van der Waals surface area contributed by atoms with Crippen molar-refractivity contribution in [1.29, 1.82) is 5.41 Å². The summed E-state index contributed by atoms with van der Waals surface area (Å²) in [5, 5.41) is 15.5. The molecular formula is C18H25N5O3. The molecule has 1 amide bonds. The monoisotopic (exact) mass is 359 g/mol. The van der Waals surface area contributed by atoms with E-state index in [-0.39, 0.29) is 5.71 Å². The number of nitrogen functional groups attached to an aromatic ring is 1. The highest BCUT2D eigenvalue weighted by Crippen LogP contribution is 2.23. The molecule has 0 atom stereocenters. The van der Waals surface area contributed by atoms with Gasteiger partial charge < -0.3 is 20.5 Å². The summed E-state index contributed by atoms with van der Waals surface area (Å²) in [6.45, 7) is 1.61. The Kier molecular flexibility index (Phi) is 7.16. The highest BCUT2D eigenvalue weighted by molar-refractivity contribution is 6.12. The van der Waals surface area contributed by atoms with Crippen LogP contribution in [0.5, 0.6) is 5.75 Å². The summed E-state index contributed by atoms with van der Waals surface area (Å²) in [7, 11) is 3.50. The van der Waals surface area contributed by atoms with Gasteiger partial charge in [-0.15, -0.1) is 0 Å². The maximum absolute atomic E-state index is 10.2. The molecule has 1 aromatic heterocycles. The number of carbonyl (C=O) groups excluding carboxylic acids is 1. The second-order valence-electron chi connectivity index (χ2n) is 5.79. The van der Waals surface area contributed by atoms with E-state index in [1.165, 1.54) is 0 Å². The molecule has 0 saturated carbocycles. The molecule has 4 N–H and O–H groups in total. The van der Waals surface area contributed by atoms with Gasteiger partial charge in [0.05, 0.1) is 18.9 Å². The van der Waals surface area contributed by atoms with Crippen molar-refractivity contribution in [3.8, 4) is 5.75 Å². The van der Waals surface area contributed by atoms with Crippen LogP contribution in [-0.4, -0.2) is 48.8 Å².